The van der Waals surface area contributed by atoms with E-state index in [-0.39, 0.29) is 29.4 Å². The molecule has 0 saturated heterocycles. The van der Waals surface area contributed by atoms with Crippen LogP contribution in [0.1, 0.15) is 37.2 Å². The van der Waals surface area contributed by atoms with Gasteiger partial charge in [0, 0.05) is 31.0 Å². The summed E-state index contributed by atoms with van der Waals surface area (Å²) in [5.41, 5.74) is 2.08. The van der Waals surface area contributed by atoms with Gasteiger partial charge in [0.1, 0.15) is 17.0 Å². The van der Waals surface area contributed by atoms with E-state index >= 15 is 0 Å². The Labute approximate surface area is 158 Å². The standard InChI is InChI=1S/C15H23N5OS.HI/c1-15(2,3)12-10-22-13(18-12)8-17-14(16-4)20(5)9-11-6-7-21-19-11;/h6-7,10H,8-9H2,1-5H3,(H,16,17);1H. The van der Waals surface area contributed by atoms with Crippen molar-refractivity contribution in [2.75, 3.05) is 14.1 Å². The van der Waals surface area contributed by atoms with E-state index in [1.807, 2.05) is 18.0 Å². The molecular weight excluding hydrogens is 425 g/mol. The molecule has 8 heteroatoms. The summed E-state index contributed by atoms with van der Waals surface area (Å²) in [6.45, 7) is 7.81. The minimum absolute atomic E-state index is 0. The molecule has 0 aliphatic rings. The smallest absolute Gasteiger partial charge is 0.194 e. The number of rotatable bonds is 4. The molecule has 2 rings (SSSR count). The van der Waals surface area contributed by atoms with Gasteiger partial charge in [-0.1, -0.05) is 25.9 Å². The SMILES string of the molecule is CN=C(NCc1nc(C(C)(C)C)cs1)N(C)Cc1ccon1.I. The van der Waals surface area contributed by atoms with E-state index in [9.17, 15) is 0 Å². The number of aliphatic imine (C=N–C) groups is 1. The summed E-state index contributed by atoms with van der Waals surface area (Å²) in [6, 6.07) is 1.85. The van der Waals surface area contributed by atoms with Crippen LogP contribution >= 0.6 is 35.3 Å². The van der Waals surface area contributed by atoms with Crippen molar-refractivity contribution in [3.63, 3.8) is 0 Å². The first-order valence-electron chi connectivity index (χ1n) is 7.16. The molecule has 0 atom stereocenters. The van der Waals surface area contributed by atoms with Gasteiger partial charge < -0.3 is 14.7 Å². The summed E-state index contributed by atoms with van der Waals surface area (Å²) in [7, 11) is 3.73. The lowest BCUT2D eigenvalue weighted by Gasteiger charge is -2.20. The molecule has 1 N–H and O–H groups in total. The van der Waals surface area contributed by atoms with Gasteiger partial charge in [-0.25, -0.2) is 4.98 Å². The van der Waals surface area contributed by atoms with E-state index < -0.39 is 0 Å². The molecule has 23 heavy (non-hydrogen) atoms. The fourth-order valence-corrected chi connectivity index (χ4v) is 2.87. The minimum Gasteiger partial charge on any atom is -0.364 e. The first kappa shape index (κ1) is 19.9. The van der Waals surface area contributed by atoms with Crippen LogP contribution in [-0.2, 0) is 18.5 Å². The quantitative estimate of drug-likeness (QED) is 0.441. The highest BCUT2D eigenvalue weighted by Crippen LogP contribution is 2.23. The second kappa shape index (κ2) is 8.62. The summed E-state index contributed by atoms with van der Waals surface area (Å²) >= 11 is 1.67. The third kappa shape index (κ3) is 5.76. The second-order valence-corrected chi connectivity index (χ2v) is 7.07. The van der Waals surface area contributed by atoms with Crippen LogP contribution < -0.4 is 5.32 Å². The molecule has 6 nitrogen and oxygen atoms in total. The Balaban J connectivity index is 0.00000264. The van der Waals surface area contributed by atoms with Crippen molar-refractivity contribution < 1.29 is 4.52 Å². The second-order valence-electron chi connectivity index (χ2n) is 6.12. The van der Waals surface area contributed by atoms with Crippen molar-refractivity contribution in [2.24, 2.45) is 4.99 Å². The zero-order valence-electron chi connectivity index (χ0n) is 14.2. The van der Waals surface area contributed by atoms with Gasteiger partial charge in [0.15, 0.2) is 5.96 Å². The maximum absolute atomic E-state index is 4.85. The van der Waals surface area contributed by atoms with Crippen molar-refractivity contribution in [3.05, 3.63) is 34.1 Å². The van der Waals surface area contributed by atoms with E-state index in [0.29, 0.717) is 13.1 Å². The highest BCUT2D eigenvalue weighted by Gasteiger charge is 2.17. The molecule has 2 aromatic heterocycles. The van der Waals surface area contributed by atoms with E-state index in [0.717, 1.165) is 22.4 Å². The van der Waals surface area contributed by atoms with Gasteiger partial charge in [0.2, 0.25) is 0 Å². The van der Waals surface area contributed by atoms with Crippen LogP contribution in [0.15, 0.2) is 27.2 Å². The predicted molar refractivity (Wildman–Crippen MR) is 104 cm³/mol. The summed E-state index contributed by atoms with van der Waals surface area (Å²) in [5, 5.41) is 10.4. The van der Waals surface area contributed by atoms with Crippen molar-refractivity contribution >= 4 is 41.3 Å². The van der Waals surface area contributed by atoms with Crippen LogP contribution in [0.25, 0.3) is 0 Å². The number of hydrogen-bond donors (Lipinski definition) is 1. The average molecular weight is 449 g/mol. The topological polar surface area (TPSA) is 66.6 Å². The van der Waals surface area contributed by atoms with E-state index in [2.05, 4.69) is 46.6 Å². The number of nitrogens with zero attached hydrogens (tertiary/aromatic N) is 4. The van der Waals surface area contributed by atoms with Crippen LogP contribution in [0.2, 0.25) is 0 Å². The normalized spacial score (nSPS) is 12.0. The van der Waals surface area contributed by atoms with Crippen LogP contribution in [0, 0.1) is 0 Å². The lowest BCUT2D eigenvalue weighted by molar-refractivity contribution is 0.391. The van der Waals surface area contributed by atoms with Crippen molar-refractivity contribution in [3.8, 4) is 0 Å². The maximum atomic E-state index is 4.85. The summed E-state index contributed by atoms with van der Waals surface area (Å²) < 4.78 is 4.85. The summed E-state index contributed by atoms with van der Waals surface area (Å²) in [6.07, 6.45) is 1.57. The number of nitrogens with one attached hydrogen (secondary N) is 1. The van der Waals surface area contributed by atoms with Gasteiger partial charge in [-0.05, 0) is 0 Å². The Hall–Kier alpha value is -1.16. The molecule has 0 spiro atoms. The minimum atomic E-state index is 0. The van der Waals surface area contributed by atoms with Crippen LogP contribution in [0.4, 0.5) is 0 Å². The average Bonchev–Trinajstić information content (AvgIpc) is 3.09. The number of halogens is 1. The lowest BCUT2D eigenvalue weighted by atomic mass is 9.93. The fraction of sp³-hybridized carbons (Fsp3) is 0.533. The third-order valence-electron chi connectivity index (χ3n) is 3.18. The Kier molecular flexibility index (Phi) is 7.46. The molecule has 0 bridgehead atoms. The fourth-order valence-electron chi connectivity index (χ4n) is 1.91. The van der Waals surface area contributed by atoms with E-state index in [1.165, 1.54) is 0 Å². The van der Waals surface area contributed by atoms with Crippen LogP contribution in [0.5, 0.6) is 0 Å². The number of hydrogen-bond acceptors (Lipinski definition) is 5. The Morgan fingerprint density at radius 3 is 2.70 bits per heavy atom. The molecule has 128 valence electrons. The molecule has 0 fully saturated rings. The monoisotopic (exact) mass is 449 g/mol. The molecule has 2 heterocycles. The van der Waals surface area contributed by atoms with E-state index in [1.54, 1.807) is 24.6 Å². The van der Waals surface area contributed by atoms with Crippen molar-refractivity contribution in [1.82, 2.24) is 20.4 Å². The molecule has 0 aliphatic carbocycles. The number of thiazole rings is 1. The first-order valence-corrected chi connectivity index (χ1v) is 8.04. The maximum Gasteiger partial charge on any atom is 0.194 e. The first-order chi connectivity index (χ1) is 10.4. The summed E-state index contributed by atoms with van der Waals surface area (Å²) in [4.78, 5) is 11.0. The molecule has 0 aliphatic heterocycles. The number of aromatic nitrogens is 2. The molecule has 2 aromatic rings. The van der Waals surface area contributed by atoms with Gasteiger partial charge in [0.25, 0.3) is 0 Å². The molecule has 0 unspecified atom stereocenters. The van der Waals surface area contributed by atoms with Crippen molar-refractivity contribution in [1.29, 1.82) is 0 Å². The Bertz CT molecular complexity index is 618. The summed E-state index contributed by atoms with van der Waals surface area (Å²) in [5.74, 6) is 0.801. The lowest BCUT2D eigenvalue weighted by Crippen LogP contribution is -2.38. The van der Waals surface area contributed by atoms with Crippen LogP contribution in [0.3, 0.4) is 0 Å². The Morgan fingerprint density at radius 1 is 1.43 bits per heavy atom. The van der Waals surface area contributed by atoms with Gasteiger partial charge in [-0.2, -0.15) is 0 Å². The molecule has 0 saturated carbocycles. The molecule has 0 amide bonds. The van der Waals surface area contributed by atoms with Crippen LogP contribution in [-0.4, -0.2) is 35.1 Å². The van der Waals surface area contributed by atoms with E-state index in [4.69, 9.17) is 4.52 Å². The highest BCUT2D eigenvalue weighted by molar-refractivity contribution is 14.0. The predicted octanol–water partition coefficient (Wildman–Crippen LogP) is 3.25. The molecule has 0 aromatic carbocycles. The molecular formula is C15H24IN5OS. The van der Waals surface area contributed by atoms with Gasteiger partial charge in [-0.3, -0.25) is 4.99 Å². The molecule has 0 radical (unpaired) electrons. The van der Waals surface area contributed by atoms with Gasteiger partial charge >= 0.3 is 0 Å². The highest BCUT2D eigenvalue weighted by atomic mass is 127. The Morgan fingerprint density at radius 2 is 2.17 bits per heavy atom. The zero-order valence-corrected chi connectivity index (χ0v) is 17.3. The van der Waals surface area contributed by atoms with Gasteiger partial charge in [-0.15, -0.1) is 35.3 Å². The van der Waals surface area contributed by atoms with Crippen molar-refractivity contribution in [2.45, 2.75) is 39.3 Å². The van der Waals surface area contributed by atoms with Gasteiger partial charge in [0.05, 0.1) is 18.8 Å². The third-order valence-corrected chi connectivity index (χ3v) is 4.03. The number of guanidine groups is 1. The zero-order chi connectivity index (χ0) is 16.2. The largest absolute Gasteiger partial charge is 0.364 e.